The van der Waals surface area contributed by atoms with Gasteiger partial charge in [-0.2, -0.15) is 21.4 Å². The highest BCUT2D eigenvalue weighted by atomic mass is 32.2. The van der Waals surface area contributed by atoms with Gasteiger partial charge in [-0.15, -0.1) is 0 Å². The largest absolute Gasteiger partial charge is 0.439 e. The van der Waals surface area contributed by atoms with E-state index < -0.39 is 31.7 Å². The molecule has 1 atom stereocenters. The van der Waals surface area contributed by atoms with E-state index in [0.717, 1.165) is 22.3 Å². The van der Waals surface area contributed by atoms with Crippen molar-refractivity contribution in [2.75, 3.05) is 23.0 Å². The molecule has 1 aliphatic rings. The fourth-order valence-electron chi connectivity index (χ4n) is 5.76. The van der Waals surface area contributed by atoms with E-state index in [1.165, 1.54) is 0 Å². The second-order valence-electron chi connectivity index (χ2n) is 11.4. The summed E-state index contributed by atoms with van der Waals surface area (Å²) in [6, 6.07) is 31.0. The molecule has 12 heteroatoms. The fourth-order valence-corrected chi connectivity index (χ4v) is 6.59. The predicted molar refractivity (Wildman–Crippen MR) is 180 cm³/mol. The Hall–Kier alpha value is -4.49. The van der Waals surface area contributed by atoms with Gasteiger partial charge in [0.25, 0.3) is 25.8 Å². The maximum Gasteiger partial charge on any atom is 0.348 e. The molecular formula is C35H35N2O8S2+. The van der Waals surface area contributed by atoms with Crippen LogP contribution in [0.25, 0.3) is 33.4 Å². The molecule has 2 heterocycles. The van der Waals surface area contributed by atoms with Gasteiger partial charge in [0.1, 0.15) is 5.75 Å². The Labute approximate surface area is 274 Å². The number of hydrogen-bond donors (Lipinski definition) is 2. The van der Waals surface area contributed by atoms with Crippen LogP contribution < -0.4 is 14.2 Å². The molecule has 2 N–H and O–H groups in total. The normalized spacial score (nSPS) is 14.8. The SMILES string of the molecule is CCC(C=C1Oc2ccc(-c3ccccc3)cc2N1CCS(=O)(=O)O)Cc1oc2ccc(-c3ccccc3)cc2[n+]1CCS(=O)(=O)O. The van der Waals surface area contributed by atoms with E-state index in [1.807, 2.05) is 110 Å². The summed E-state index contributed by atoms with van der Waals surface area (Å²) in [4.78, 5) is 1.75. The van der Waals surface area contributed by atoms with Gasteiger partial charge < -0.3 is 14.1 Å². The van der Waals surface area contributed by atoms with E-state index >= 15 is 0 Å². The molecule has 1 aromatic heterocycles. The number of benzene rings is 4. The maximum atomic E-state index is 11.8. The Morgan fingerprint density at radius 2 is 1.40 bits per heavy atom. The van der Waals surface area contributed by atoms with Crippen LogP contribution in [0.5, 0.6) is 5.75 Å². The van der Waals surface area contributed by atoms with Crippen molar-refractivity contribution in [1.29, 1.82) is 0 Å². The first-order valence-electron chi connectivity index (χ1n) is 15.2. The lowest BCUT2D eigenvalue weighted by Gasteiger charge is -2.19. The number of aryl methyl sites for hydroxylation is 1. The van der Waals surface area contributed by atoms with E-state index in [9.17, 15) is 25.9 Å². The topological polar surface area (TPSA) is 138 Å². The lowest BCUT2D eigenvalue weighted by Crippen LogP contribution is -2.40. The van der Waals surface area contributed by atoms with Crippen molar-refractivity contribution in [2.45, 2.75) is 26.3 Å². The van der Waals surface area contributed by atoms with Gasteiger partial charge in [0.15, 0.2) is 18.2 Å². The first-order chi connectivity index (χ1) is 22.5. The van der Waals surface area contributed by atoms with E-state index in [4.69, 9.17) is 9.15 Å². The molecule has 4 aromatic carbocycles. The third-order valence-corrected chi connectivity index (χ3v) is 9.61. The van der Waals surface area contributed by atoms with E-state index in [2.05, 4.69) is 0 Å². The van der Waals surface area contributed by atoms with Crippen LogP contribution in [-0.4, -0.2) is 44.0 Å². The average Bonchev–Trinajstić information content (AvgIpc) is 3.58. The van der Waals surface area contributed by atoms with Crippen molar-refractivity contribution in [3.05, 3.63) is 115 Å². The second-order valence-corrected chi connectivity index (χ2v) is 14.6. The zero-order chi connectivity index (χ0) is 33.2. The second kappa shape index (κ2) is 13.3. The van der Waals surface area contributed by atoms with Crippen LogP contribution >= 0.6 is 0 Å². The molecular weight excluding hydrogens is 641 g/mol. The zero-order valence-corrected chi connectivity index (χ0v) is 27.3. The first kappa shape index (κ1) is 32.5. The highest BCUT2D eigenvalue weighted by Gasteiger charge is 2.31. The lowest BCUT2D eigenvalue weighted by atomic mass is 10.0. The van der Waals surface area contributed by atoms with E-state index in [0.29, 0.717) is 47.2 Å². The van der Waals surface area contributed by atoms with Crippen molar-refractivity contribution in [1.82, 2.24) is 0 Å². The number of hydrogen-bond acceptors (Lipinski definition) is 7. The number of fused-ring (bicyclic) bond motifs is 2. The van der Waals surface area contributed by atoms with E-state index in [1.54, 1.807) is 9.47 Å². The monoisotopic (exact) mass is 675 g/mol. The number of ether oxygens (including phenoxy) is 1. The number of aromatic nitrogens is 1. The van der Waals surface area contributed by atoms with Gasteiger partial charge in [0, 0.05) is 12.6 Å². The summed E-state index contributed by atoms with van der Waals surface area (Å²) in [6.07, 6.45) is 2.92. The van der Waals surface area contributed by atoms with Crippen LogP contribution in [-0.2, 0) is 33.2 Å². The molecule has 6 rings (SSSR count). The standard InChI is InChI=1S/C35H34N2O8S2/c1-2-25(21-34-36(17-19-46(38,39)40)30-23-28(13-15-32(30)44-34)26-9-5-3-6-10-26)22-35-37(18-20-47(41,42)43)31-24-29(14-16-33(31)45-35)27-11-7-4-8-12-27/h3-16,21,23-25H,2,17-20,22H2,1H3,(H-,38,39,40,41,42,43)/p+1. The molecule has 1 unspecified atom stereocenters. The molecule has 0 bridgehead atoms. The Morgan fingerprint density at radius 3 is 2.02 bits per heavy atom. The summed E-state index contributed by atoms with van der Waals surface area (Å²) in [5.41, 5.74) is 5.79. The van der Waals surface area contributed by atoms with Crippen molar-refractivity contribution in [3.8, 4) is 28.0 Å². The highest BCUT2D eigenvalue weighted by molar-refractivity contribution is 7.86. The van der Waals surface area contributed by atoms with Crippen LogP contribution in [0.15, 0.2) is 113 Å². The number of anilines is 1. The molecule has 0 amide bonds. The molecule has 10 nitrogen and oxygen atoms in total. The van der Waals surface area contributed by atoms with Gasteiger partial charge in [0.2, 0.25) is 5.58 Å². The molecule has 244 valence electrons. The van der Waals surface area contributed by atoms with Crippen LogP contribution in [0.1, 0.15) is 19.2 Å². The Kier molecular flexibility index (Phi) is 9.20. The smallest absolute Gasteiger partial charge is 0.348 e. The van der Waals surface area contributed by atoms with Gasteiger partial charge >= 0.3 is 5.89 Å². The summed E-state index contributed by atoms with van der Waals surface area (Å²) < 4.78 is 80.6. The third kappa shape index (κ3) is 7.74. The van der Waals surface area contributed by atoms with Crippen LogP contribution in [0.2, 0.25) is 0 Å². The van der Waals surface area contributed by atoms with Crippen molar-refractivity contribution >= 4 is 37.0 Å². The Bertz CT molecular complexity index is 2150. The third-order valence-electron chi connectivity index (χ3n) is 8.21. The quantitative estimate of drug-likeness (QED) is 0.118. The van der Waals surface area contributed by atoms with E-state index in [-0.39, 0.29) is 19.0 Å². The summed E-state index contributed by atoms with van der Waals surface area (Å²) in [5, 5.41) is 0. The van der Waals surface area contributed by atoms with Gasteiger partial charge in [-0.1, -0.05) is 79.7 Å². The molecule has 5 aromatic rings. The van der Waals surface area contributed by atoms with Gasteiger partial charge in [-0.05, 0) is 58.9 Å². The van der Waals surface area contributed by atoms with Crippen molar-refractivity contribution in [3.63, 3.8) is 0 Å². The predicted octanol–water partition coefficient (Wildman–Crippen LogP) is 6.14. The summed E-state index contributed by atoms with van der Waals surface area (Å²) in [7, 11) is -8.51. The molecule has 0 saturated heterocycles. The number of nitrogens with zero attached hydrogens (tertiary/aromatic N) is 2. The van der Waals surface area contributed by atoms with Gasteiger partial charge in [0.05, 0.1) is 17.9 Å². The Balaban J connectivity index is 1.36. The van der Waals surface area contributed by atoms with Gasteiger partial charge in [-0.25, -0.2) is 0 Å². The Morgan fingerprint density at radius 1 is 0.787 bits per heavy atom. The lowest BCUT2D eigenvalue weighted by molar-refractivity contribution is -0.680. The summed E-state index contributed by atoms with van der Waals surface area (Å²) in [6.45, 7) is 1.95. The minimum atomic E-state index is -4.26. The highest BCUT2D eigenvalue weighted by Crippen LogP contribution is 2.42. The molecule has 1 aliphatic heterocycles. The summed E-state index contributed by atoms with van der Waals surface area (Å²) in [5.74, 6) is 0.339. The average molecular weight is 676 g/mol. The molecule has 47 heavy (non-hydrogen) atoms. The number of oxazole rings is 1. The minimum Gasteiger partial charge on any atom is -0.439 e. The van der Waals surface area contributed by atoms with Gasteiger partial charge in [-0.3, -0.25) is 9.11 Å². The molecule has 0 aliphatic carbocycles. The minimum absolute atomic E-state index is 0.0168. The molecule has 0 radical (unpaired) electrons. The van der Waals surface area contributed by atoms with Crippen molar-refractivity contribution in [2.24, 2.45) is 5.92 Å². The molecule has 0 spiro atoms. The summed E-state index contributed by atoms with van der Waals surface area (Å²) >= 11 is 0. The first-order valence-corrected chi connectivity index (χ1v) is 18.5. The van der Waals surface area contributed by atoms with Crippen LogP contribution in [0, 0.1) is 5.92 Å². The van der Waals surface area contributed by atoms with Crippen molar-refractivity contribution < 1.29 is 39.7 Å². The molecule has 0 fully saturated rings. The maximum absolute atomic E-state index is 11.8. The zero-order valence-electron chi connectivity index (χ0n) is 25.7. The van der Waals surface area contributed by atoms with Crippen LogP contribution in [0.4, 0.5) is 5.69 Å². The van der Waals surface area contributed by atoms with Crippen LogP contribution in [0.3, 0.4) is 0 Å². The molecule has 0 saturated carbocycles. The fraction of sp³-hybridized carbons (Fsp3) is 0.229. The number of rotatable bonds is 12. The number of allylic oxidation sites excluding steroid dienone is 1.